The first-order valence-corrected chi connectivity index (χ1v) is 6.01. The minimum atomic E-state index is -0.216. The molecule has 0 spiro atoms. The number of ether oxygens (including phenoxy) is 1. The standard InChI is InChI=1S/C14H19NO3/c1-11(16)13-6-4-3-5-12(13)7-9-15-10-8-14(17)18-2/h3-6,15H,7-10H2,1-2H3. The SMILES string of the molecule is COC(=O)CCNCCc1ccccc1C(C)=O. The summed E-state index contributed by atoms with van der Waals surface area (Å²) in [6.45, 7) is 2.90. The van der Waals surface area contributed by atoms with E-state index in [2.05, 4.69) is 10.1 Å². The Morgan fingerprint density at radius 3 is 2.61 bits per heavy atom. The van der Waals surface area contributed by atoms with Crippen molar-refractivity contribution in [3.63, 3.8) is 0 Å². The number of methoxy groups -OCH3 is 1. The molecule has 0 atom stereocenters. The molecular formula is C14H19NO3. The topological polar surface area (TPSA) is 55.4 Å². The van der Waals surface area contributed by atoms with Crippen LogP contribution in [0.1, 0.15) is 29.3 Å². The molecule has 1 rings (SSSR count). The van der Waals surface area contributed by atoms with Crippen LogP contribution >= 0.6 is 0 Å². The molecule has 0 unspecified atom stereocenters. The first kappa shape index (κ1) is 14.4. The Morgan fingerprint density at radius 2 is 1.94 bits per heavy atom. The van der Waals surface area contributed by atoms with E-state index in [0.717, 1.165) is 24.1 Å². The van der Waals surface area contributed by atoms with E-state index in [1.54, 1.807) is 6.92 Å². The first-order valence-electron chi connectivity index (χ1n) is 6.01. The average Bonchev–Trinajstić information content (AvgIpc) is 2.38. The fraction of sp³-hybridized carbons (Fsp3) is 0.429. The lowest BCUT2D eigenvalue weighted by molar-refractivity contribution is -0.140. The summed E-state index contributed by atoms with van der Waals surface area (Å²) in [6, 6.07) is 7.59. The van der Waals surface area contributed by atoms with Gasteiger partial charge >= 0.3 is 5.97 Å². The van der Waals surface area contributed by atoms with Gasteiger partial charge in [0, 0.05) is 12.1 Å². The van der Waals surface area contributed by atoms with Crippen molar-refractivity contribution < 1.29 is 14.3 Å². The van der Waals surface area contributed by atoms with E-state index >= 15 is 0 Å². The molecule has 98 valence electrons. The van der Waals surface area contributed by atoms with Gasteiger partial charge in [-0.3, -0.25) is 9.59 Å². The van der Waals surface area contributed by atoms with Gasteiger partial charge in [0.2, 0.25) is 0 Å². The van der Waals surface area contributed by atoms with Crippen LogP contribution in [0, 0.1) is 0 Å². The molecule has 4 nitrogen and oxygen atoms in total. The van der Waals surface area contributed by atoms with Crippen LogP contribution in [-0.2, 0) is 16.0 Å². The molecular weight excluding hydrogens is 230 g/mol. The average molecular weight is 249 g/mol. The molecule has 0 saturated carbocycles. The number of nitrogens with one attached hydrogen (secondary N) is 1. The zero-order chi connectivity index (χ0) is 13.4. The second-order valence-electron chi connectivity index (χ2n) is 4.04. The van der Waals surface area contributed by atoms with Gasteiger partial charge in [0.1, 0.15) is 0 Å². The summed E-state index contributed by atoms with van der Waals surface area (Å²) < 4.78 is 4.54. The molecule has 4 heteroatoms. The molecule has 0 saturated heterocycles. The molecule has 0 bridgehead atoms. The van der Waals surface area contributed by atoms with Gasteiger partial charge in [-0.25, -0.2) is 0 Å². The van der Waals surface area contributed by atoms with E-state index in [1.165, 1.54) is 7.11 Å². The van der Waals surface area contributed by atoms with E-state index in [0.29, 0.717) is 13.0 Å². The van der Waals surface area contributed by atoms with Crippen LogP contribution in [0.2, 0.25) is 0 Å². The van der Waals surface area contributed by atoms with Crippen LogP contribution in [0.15, 0.2) is 24.3 Å². The Hall–Kier alpha value is -1.68. The summed E-state index contributed by atoms with van der Waals surface area (Å²) >= 11 is 0. The molecule has 1 N–H and O–H groups in total. The maximum atomic E-state index is 11.4. The predicted molar refractivity (Wildman–Crippen MR) is 69.7 cm³/mol. The third-order valence-electron chi connectivity index (χ3n) is 2.70. The van der Waals surface area contributed by atoms with Crippen LogP contribution in [0.4, 0.5) is 0 Å². The highest BCUT2D eigenvalue weighted by molar-refractivity contribution is 5.95. The second-order valence-corrected chi connectivity index (χ2v) is 4.04. The first-order chi connectivity index (χ1) is 8.65. The van der Waals surface area contributed by atoms with Crippen molar-refractivity contribution in [2.24, 2.45) is 0 Å². The molecule has 0 aliphatic carbocycles. The van der Waals surface area contributed by atoms with E-state index in [-0.39, 0.29) is 11.8 Å². The van der Waals surface area contributed by atoms with Crippen molar-refractivity contribution in [3.05, 3.63) is 35.4 Å². The summed E-state index contributed by atoms with van der Waals surface area (Å²) in [5.41, 5.74) is 1.81. The molecule has 0 heterocycles. The number of benzene rings is 1. The van der Waals surface area contributed by atoms with Crippen molar-refractivity contribution in [1.82, 2.24) is 5.32 Å². The summed E-state index contributed by atoms with van der Waals surface area (Å²) in [6.07, 6.45) is 1.14. The summed E-state index contributed by atoms with van der Waals surface area (Å²) in [5, 5.41) is 3.15. The molecule has 1 aromatic carbocycles. The Labute approximate surface area is 107 Å². The lowest BCUT2D eigenvalue weighted by Crippen LogP contribution is -2.21. The summed E-state index contributed by atoms with van der Waals surface area (Å²) in [7, 11) is 1.38. The van der Waals surface area contributed by atoms with E-state index in [1.807, 2.05) is 24.3 Å². The molecule has 0 fully saturated rings. The zero-order valence-corrected chi connectivity index (χ0v) is 10.9. The van der Waals surface area contributed by atoms with Crippen molar-refractivity contribution in [1.29, 1.82) is 0 Å². The van der Waals surface area contributed by atoms with Gasteiger partial charge in [-0.2, -0.15) is 0 Å². The normalized spacial score (nSPS) is 10.1. The number of hydrogen-bond acceptors (Lipinski definition) is 4. The Kier molecular flexibility index (Phi) is 6.08. The van der Waals surface area contributed by atoms with E-state index in [4.69, 9.17) is 0 Å². The Morgan fingerprint density at radius 1 is 1.22 bits per heavy atom. The highest BCUT2D eigenvalue weighted by atomic mass is 16.5. The number of hydrogen-bond donors (Lipinski definition) is 1. The van der Waals surface area contributed by atoms with Gasteiger partial charge in [-0.15, -0.1) is 0 Å². The molecule has 1 aromatic rings. The fourth-order valence-electron chi connectivity index (χ4n) is 1.72. The number of Topliss-reactive ketones (excluding diaryl/α,β-unsaturated/α-hetero) is 1. The van der Waals surface area contributed by atoms with Crippen LogP contribution < -0.4 is 5.32 Å². The molecule has 0 aromatic heterocycles. The third-order valence-corrected chi connectivity index (χ3v) is 2.70. The zero-order valence-electron chi connectivity index (χ0n) is 10.9. The van der Waals surface area contributed by atoms with Gasteiger partial charge in [-0.1, -0.05) is 24.3 Å². The Balaban J connectivity index is 2.35. The van der Waals surface area contributed by atoms with Crippen molar-refractivity contribution in [2.75, 3.05) is 20.2 Å². The van der Waals surface area contributed by atoms with Gasteiger partial charge in [0.25, 0.3) is 0 Å². The number of carbonyl (C=O) groups excluding carboxylic acids is 2. The van der Waals surface area contributed by atoms with Crippen molar-refractivity contribution >= 4 is 11.8 Å². The molecule has 0 amide bonds. The van der Waals surface area contributed by atoms with Crippen molar-refractivity contribution in [3.8, 4) is 0 Å². The van der Waals surface area contributed by atoms with Gasteiger partial charge in [0.15, 0.2) is 5.78 Å². The lowest BCUT2D eigenvalue weighted by atomic mass is 10.0. The minimum Gasteiger partial charge on any atom is -0.469 e. The molecule has 0 aliphatic rings. The second kappa shape index (κ2) is 7.61. The third kappa shape index (κ3) is 4.67. The minimum absolute atomic E-state index is 0.0835. The summed E-state index contributed by atoms with van der Waals surface area (Å²) in [5.74, 6) is -0.133. The van der Waals surface area contributed by atoms with E-state index in [9.17, 15) is 9.59 Å². The van der Waals surface area contributed by atoms with Crippen LogP contribution in [0.5, 0.6) is 0 Å². The predicted octanol–water partition coefficient (Wildman–Crippen LogP) is 1.58. The highest BCUT2D eigenvalue weighted by Crippen LogP contribution is 2.09. The monoisotopic (exact) mass is 249 g/mol. The number of ketones is 1. The van der Waals surface area contributed by atoms with Crippen LogP contribution in [0.3, 0.4) is 0 Å². The maximum Gasteiger partial charge on any atom is 0.306 e. The van der Waals surface area contributed by atoms with Crippen LogP contribution in [0.25, 0.3) is 0 Å². The smallest absolute Gasteiger partial charge is 0.306 e. The van der Waals surface area contributed by atoms with E-state index < -0.39 is 0 Å². The number of carbonyl (C=O) groups is 2. The molecule has 18 heavy (non-hydrogen) atoms. The Bertz CT molecular complexity index is 415. The van der Waals surface area contributed by atoms with Gasteiger partial charge in [0.05, 0.1) is 13.5 Å². The molecule has 0 radical (unpaired) electrons. The maximum absolute atomic E-state index is 11.4. The fourth-order valence-corrected chi connectivity index (χ4v) is 1.72. The van der Waals surface area contributed by atoms with Gasteiger partial charge in [-0.05, 0) is 25.5 Å². The van der Waals surface area contributed by atoms with Crippen molar-refractivity contribution in [2.45, 2.75) is 19.8 Å². The quantitative estimate of drug-likeness (QED) is 0.453. The molecule has 0 aliphatic heterocycles. The van der Waals surface area contributed by atoms with Gasteiger partial charge < -0.3 is 10.1 Å². The largest absolute Gasteiger partial charge is 0.469 e. The summed E-state index contributed by atoms with van der Waals surface area (Å²) in [4.78, 5) is 22.3. The number of esters is 1. The number of rotatable bonds is 7. The lowest BCUT2D eigenvalue weighted by Gasteiger charge is -2.07. The highest BCUT2D eigenvalue weighted by Gasteiger charge is 2.05. The van der Waals surface area contributed by atoms with Crippen LogP contribution in [-0.4, -0.2) is 32.0 Å².